The third-order valence-corrected chi connectivity index (χ3v) is 2.83. The van der Waals surface area contributed by atoms with Crippen molar-refractivity contribution in [2.45, 2.75) is 19.5 Å². The van der Waals surface area contributed by atoms with Gasteiger partial charge in [0.2, 0.25) is 0 Å². The number of nitrogens with zero attached hydrogens (tertiary/aromatic N) is 2. The highest BCUT2D eigenvalue weighted by molar-refractivity contribution is 5.30. The average molecular weight is 243 g/mol. The van der Waals surface area contributed by atoms with Crippen molar-refractivity contribution in [1.29, 1.82) is 0 Å². The van der Waals surface area contributed by atoms with Crippen LogP contribution in [0.1, 0.15) is 24.2 Å². The predicted molar refractivity (Wildman–Crippen MR) is 70.3 cm³/mol. The third kappa shape index (κ3) is 3.28. The molecule has 1 aromatic heterocycles. The molecule has 0 unspecified atom stereocenters. The van der Waals surface area contributed by atoms with Gasteiger partial charge in [0.1, 0.15) is 12.1 Å². The van der Waals surface area contributed by atoms with E-state index in [2.05, 4.69) is 28.3 Å². The molecule has 4 heteroatoms. The van der Waals surface area contributed by atoms with Gasteiger partial charge < -0.3 is 10.1 Å². The first-order valence-corrected chi connectivity index (χ1v) is 5.92. The van der Waals surface area contributed by atoms with Gasteiger partial charge in [-0.1, -0.05) is 12.1 Å². The van der Waals surface area contributed by atoms with Gasteiger partial charge in [0.15, 0.2) is 0 Å². The van der Waals surface area contributed by atoms with E-state index in [1.165, 1.54) is 5.56 Å². The monoisotopic (exact) mass is 243 g/mol. The van der Waals surface area contributed by atoms with Crippen molar-refractivity contribution in [3.05, 3.63) is 54.1 Å². The summed E-state index contributed by atoms with van der Waals surface area (Å²) >= 11 is 0. The summed E-state index contributed by atoms with van der Waals surface area (Å²) in [5, 5.41) is 3.42. The Balaban J connectivity index is 1.97. The normalized spacial score (nSPS) is 12.1. The Hall–Kier alpha value is -1.94. The molecule has 1 heterocycles. The summed E-state index contributed by atoms with van der Waals surface area (Å²) in [6, 6.07) is 10.2. The molecule has 0 saturated heterocycles. The smallest absolute Gasteiger partial charge is 0.119 e. The van der Waals surface area contributed by atoms with Gasteiger partial charge in [0.25, 0.3) is 0 Å². The van der Waals surface area contributed by atoms with Crippen molar-refractivity contribution in [3.63, 3.8) is 0 Å². The molecule has 0 aliphatic carbocycles. The summed E-state index contributed by atoms with van der Waals surface area (Å²) in [5.41, 5.74) is 2.18. The van der Waals surface area contributed by atoms with Gasteiger partial charge in [0.05, 0.1) is 12.8 Å². The Labute approximate surface area is 107 Å². The maximum Gasteiger partial charge on any atom is 0.119 e. The molecular weight excluding hydrogens is 226 g/mol. The highest BCUT2D eigenvalue weighted by Crippen LogP contribution is 2.18. The molecule has 0 amide bonds. The van der Waals surface area contributed by atoms with Gasteiger partial charge >= 0.3 is 0 Å². The van der Waals surface area contributed by atoms with E-state index in [1.54, 1.807) is 19.6 Å². The Kier molecular flexibility index (Phi) is 4.25. The summed E-state index contributed by atoms with van der Waals surface area (Å²) in [4.78, 5) is 8.08. The molecule has 0 radical (unpaired) electrons. The molecule has 18 heavy (non-hydrogen) atoms. The fraction of sp³-hybridized carbons (Fsp3) is 0.286. The molecule has 1 aromatic carbocycles. The van der Waals surface area contributed by atoms with E-state index in [-0.39, 0.29) is 6.04 Å². The number of hydrogen-bond acceptors (Lipinski definition) is 4. The number of ether oxygens (including phenoxy) is 1. The van der Waals surface area contributed by atoms with Crippen molar-refractivity contribution >= 4 is 0 Å². The second-order valence-corrected chi connectivity index (χ2v) is 4.08. The second-order valence-electron chi connectivity index (χ2n) is 4.08. The fourth-order valence-corrected chi connectivity index (χ4v) is 1.71. The van der Waals surface area contributed by atoms with E-state index in [1.807, 2.05) is 24.3 Å². The highest BCUT2D eigenvalue weighted by Gasteiger charge is 2.06. The molecule has 94 valence electrons. The van der Waals surface area contributed by atoms with Crippen LogP contribution in [0.2, 0.25) is 0 Å². The van der Waals surface area contributed by atoms with E-state index in [0.29, 0.717) is 0 Å². The molecular formula is C14H17N3O. The molecule has 0 saturated carbocycles. The van der Waals surface area contributed by atoms with Gasteiger partial charge in [-0.05, 0) is 30.7 Å². The molecule has 1 N–H and O–H groups in total. The van der Waals surface area contributed by atoms with Crippen LogP contribution in [0.15, 0.2) is 42.9 Å². The number of aromatic nitrogens is 2. The third-order valence-electron chi connectivity index (χ3n) is 2.83. The standard InChI is InChI=1S/C14H17N3O/c1-11(12-4-3-5-14(8-12)18-2)16-9-13-6-7-15-10-17-13/h3-8,10-11,16H,9H2,1-2H3/t11-/m1/s1. The minimum Gasteiger partial charge on any atom is -0.497 e. The number of nitrogens with one attached hydrogen (secondary N) is 1. The van der Waals surface area contributed by atoms with Crippen molar-refractivity contribution in [3.8, 4) is 5.75 Å². The summed E-state index contributed by atoms with van der Waals surface area (Å²) < 4.78 is 5.22. The molecule has 0 aliphatic heterocycles. The first kappa shape index (κ1) is 12.5. The van der Waals surface area contributed by atoms with Gasteiger partial charge in [-0.2, -0.15) is 0 Å². The number of hydrogen-bond donors (Lipinski definition) is 1. The van der Waals surface area contributed by atoms with Crippen molar-refractivity contribution in [1.82, 2.24) is 15.3 Å². The van der Waals surface area contributed by atoms with Crippen LogP contribution in [0, 0.1) is 0 Å². The first-order chi connectivity index (χ1) is 8.79. The number of methoxy groups -OCH3 is 1. The molecule has 1 atom stereocenters. The number of rotatable bonds is 5. The quantitative estimate of drug-likeness (QED) is 0.875. The van der Waals surface area contributed by atoms with Gasteiger partial charge in [-0.15, -0.1) is 0 Å². The largest absolute Gasteiger partial charge is 0.497 e. The summed E-state index contributed by atoms with van der Waals surface area (Å²) in [6.07, 6.45) is 3.31. The maximum absolute atomic E-state index is 5.22. The van der Waals surface area contributed by atoms with Crippen LogP contribution < -0.4 is 10.1 Å². The molecule has 0 aliphatic rings. The van der Waals surface area contributed by atoms with Gasteiger partial charge in [-0.25, -0.2) is 9.97 Å². The molecule has 2 aromatic rings. The van der Waals surface area contributed by atoms with E-state index in [9.17, 15) is 0 Å². The van der Waals surface area contributed by atoms with E-state index >= 15 is 0 Å². The number of benzene rings is 1. The lowest BCUT2D eigenvalue weighted by atomic mass is 10.1. The van der Waals surface area contributed by atoms with Crippen LogP contribution in [-0.4, -0.2) is 17.1 Å². The predicted octanol–water partition coefficient (Wildman–Crippen LogP) is 2.34. The van der Waals surface area contributed by atoms with Crippen molar-refractivity contribution < 1.29 is 4.74 Å². The zero-order valence-corrected chi connectivity index (χ0v) is 10.6. The van der Waals surface area contributed by atoms with Gasteiger partial charge in [-0.3, -0.25) is 0 Å². The molecule has 0 spiro atoms. The topological polar surface area (TPSA) is 47.0 Å². The lowest BCUT2D eigenvalue weighted by molar-refractivity contribution is 0.413. The van der Waals surface area contributed by atoms with Crippen LogP contribution >= 0.6 is 0 Å². The van der Waals surface area contributed by atoms with E-state index in [0.717, 1.165) is 18.0 Å². The lowest BCUT2D eigenvalue weighted by Gasteiger charge is -2.14. The molecule has 0 bridgehead atoms. The first-order valence-electron chi connectivity index (χ1n) is 5.92. The van der Waals surface area contributed by atoms with Crippen LogP contribution in [0.5, 0.6) is 5.75 Å². The molecule has 2 rings (SSSR count). The Morgan fingerprint density at radius 2 is 2.22 bits per heavy atom. The average Bonchev–Trinajstić information content (AvgIpc) is 2.46. The Bertz CT molecular complexity index is 487. The van der Waals surface area contributed by atoms with E-state index in [4.69, 9.17) is 4.74 Å². The summed E-state index contributed by atoms with van der Waals surface area (Å²) in [6.45, 7) is 2.84. The Morgan fingerprint density at radius 1 is 1.33 bits per heavy atom. The van der Waals surface area contributed by atoms with Crippen LogP contribution in [0.25, 0.3) is 0 Å². The Morgan fingerprint density at radius 3 is 2.94 bits per heavy atom. The SMILES string of the molecule is COc1cccc([C@@H](C)NCc2ccncn2)c1. The van der Waals surface area contributed by atoms with Crippen LogP contribution in [-0.2, 0) is 6.54 Å². The van der Waals surface area contributed by atoms with Crippen molar-refractivity contribution in [2.75, 3.05) is 7.11 Å². The minimum atomic E-state index is 0.245. The molecule has 4 nitrogen and oxygen atoms in total. The van der Waals surface area contributed by atoms with Crippen LogP contribution in [0.4, 0.5) is 0 Å². The van der Waals surface area contributed by atoms with Crippen molar-refractivity contribution in [2.24, 2.45) is 0 Å². The second kappa shape index (κ2) is 6.12. The van der Waals surface area contributed by atoms with Crippen LogP contribution in [0.3, 0.4) is 0 Å². The zero-order valence-electron chi connectivity index (χ0n) is 10.6. The summed E-state index contributed by atoms with van der Waals surface area (Å²) in [5.74, 6) is 0.878. The fourth-order valence-electron chi connectivity index (χ4n) is 1.71. The minimum absolute atomic E-state index is 0.245. The lowest BCUT2D eigenvalue weighted by Crippen LogP contribution is -2.18. The zero-order chi connectivity index (χ0) is 12.8. The summed E-state index contributed by atoms with van der Waals surface area (Å²) in [7, 11) is 1.68. The molecule has 0 fully saturated rings. The highest BCUT2D eigenvalue weighted by atomic mass is 16.5. The maximum atomic E-state index is 5.22. The van der Waals surface area contributed by atoms with Gasteiger partial charge in [0, 0.05) is 18.8 Å². The van der Waals surface area contributed by atoms with E-state index < -0.39 is 0 Å².